The Morgan fingerprint density at radius 3 is 1.97 bits per heavy atom. The second-order valence-corrected chi connectivity index (χ2v) is 8.89. The van der Waals surface area contributed by atoms with Crippen LogP contribution >= 0.6 is 0 Å². The van der Waals surface area contributed by atoms with Gasteiger partial charge in [0.1, 0.15) is 0 Å². The van der Waals surface area contributed by atoms with Gasteiger partial charge in [0.15, 0.2) is 0 Å². The molecule has 0 aromatic heterocycles. The van der Waals surface area contributed by atoms with Gasteiger partial charge in [0, 0.05) is 31.6 Å². The third-order valence-electron chi connectivity index (χ3n) is 5.46. The largest absolute Gasteiger partial charge is 0.352 e. The van der Waals surface area contributed by atoms with Crippen LogP contribution in [0, 0.1) is 0 Å². The maximum absolute atomic E-state index is 12.3. The van der Waals surface area contributed by atoms with Gasteiger partial charge in [0.25, 0.3) is 5.91 Å². The molecule has 5 nitrogen and oxygen atoms in total. The molecule has 0 unspecified atom stereocenters. The average Bonchev–Trinajstić information content (AvgIpc) is 2.76. The Kier molecular flexibility index (Phi) is 9.25. The summed E-state index contributed by atoms with van der Waals surface area (Å²) < 4.78 is 0. The van der Waals surface area contributed by atoms with Gasteiger partial charge in [0.2, 0.25) is 5.91 Å². The standard InChI is InChI=1S/C26H37N3O2/c1-6-29(7-2)19-21-10-8-20(9-11-21)18-28-24(30)16-17-27-25(31)22-12-14-23(15-13-22)26(3,4)5/h8-15H,6-7,16-19H2,1-5H3,(H,27,31)(H,28,30). The first-order chi connectivity index (χ1) is 14.7. The fourth-order valence-corrected chi connectivity index (χ4v) is 3.27. The zero-order chi connectivity index (χ0) is 22.9. The summed E-state index contributed by atoms with van der Waals surface area (Å²) in [5, 5.41) is 5.74. The van der Waals surface area contributed by atoms with Crippen molar-refractivity contribution in [2.24, 2.45) is 0 Å². The monoisotopic (exact) mass is 423 g/mol. The molecule has 2 rings (SSSR count). The van der Waals surface area contributed by atoms with Gasteiger partial charge in [-0.2, -0.15) is 0 Å². The van der Waals surface area contributed by atoms with Crippen LogP contribution in [0.3, 0.4) is 0 Å². The van der Waals surface area contributed by atoms with Crippen molar-refractivity contribution in [3.8, 4) is 0 Å². The third-order valence-corrected chi connectivity index (χ3v) is 5.46. The molecule has 2 aromatic rings. The molecule has 0 aliphatic heterocycles. The summed E-state index contributed by atoms with van der Waals surface area (Å²) in [5.74, 6) is -0.229. The van der Waals surface area contributed by atoms with Gasteiger partial charge in [-0.25, -0.2) is 0 Å². The summed E-state index contributed by atoms with van der Waals surface area (Å²) in [7, 11) is 0. The number of benzene rings is 2. The second-order valence-electron chi connectivity index (χ2n) is 8.89. The maximum atomic E-state index is 12.3. The van der Waals surface area contributed by atoms with E-state index >= 15 is 0 Å². The minimum atomic E-state index is -0.156. The number of rotatable bonds is 10. The zero-order valence-corrected chi connectivity index (χ0v) is 19.6. The van der Waals surface area contributed by atoms with Gasteiger partial charge in [-0.05, 0) is 47.3 Å². The number of hydrogen-bond acceptors (Lipinski definition) is 3. The van der Waals surface area contributed by atoms with Crippen LogP contribution in [0.25, 0.3) is 0 Å². The van der Waals surface area contributed by atoms with E-state index in [1.165, 1.54) is 11.1 Å². The van der Waals surface area contributed by atoms with Crippen molar-refractivity contribution in [1.29, 1.82) is 0 Å². The molecular weight excluding hydrogens is 386 g/mol. The van der Waals surface area contributed by atoms with Gasteiger partial charge < -0.3 is 10.6 Å². The Labute approximate surface area is 187 Å². The molecule has 0 radical (unpaired) electrons. The predicted molar refractivity (Wildman–Crippen MR) is 127 cm³/mol. The lowest BCUT2D eigenvalue weighted by molar-refractivity contribution is -0.121. The van der Waals surface area contributed by atoms with E-state index in [1.807, 2.05) is 24.3 Å². The Balaban J connectivity index is 1.71. The maximum Gasteiger partial charge on any atom is 0.251 e. The van der Waals surface area contributed by atoms with Gasteiger partial charge in [-0.15, -0.1) is 0 Å². The van der Waals surface area contributed by atoms with Gasteiger partial charge in [0.05, 0.1) is 0 Å². The number of nitrogens with zero attached hydrogens (tertiary/aromatic N) is 1. The van der Waals surface area contributed by atoms with Crippen molar-refractivity contribution in [3.63, 3.8) is 0 Å². The highest BCUT2D eigenvalue weighted by Gasteiger charge is 2.14. The van der Waals surface area contributed by atoms with Crippen molar-refractivity contribution in [3.05, 3.63) is 70.8 Å². The van der Waals surface area contributed by atoms with Crippen LogP contribution in [-0.2, 0) is 23.3 Å². The minimum absolute atomic E-state index is 0.0543. The van der Waals surface area contributed by atoms with Crippen molar-refractivity contribution in [2.75, 3.05) is 19.6 Å². The fourth-order valence-electron chi connectivity index (χ4n) is 3.27. The predicted octanol–water partition coefficient (Wildman–Crippen LogP) is 4.26. The molecule has 0 heterocycles. The lowest BCUT2D eigenvalue weighted by atomic mass is 9.87. The molecule has 31 heavy (non-hydrogen) atoms. The quantitative estimate of drug-likeness (QED) is 0.600. The molecule has 168 valence electrons. The second kappa shape index (κ2) is 11.7. The highest BCUT2D eigenvalue weighted by molar-refractivity contribution is 5.94. The van der Waals surface area contributed by atoms with E-state index in [4.69, 9.17) is 0 Å². The van der Waals surface area contributed by atoms with E-state index in [0.717, 1.165) is 25.2 Å². The smallest absolute Gasteiger partial charge is 0.251 e. The van der Waals surface area contributed by atoms with Crippen LogP contribution in [0.2, 0.25) is 0 Å². The first kappa shape index (κ1) is 24.6. The van der Waals surface area contributed by atoms with Crippen LogP contribution < -0.4 is 10.6 Å². The number of hydrogen-bond donors (Lipinski definition) is 2. The number of carbonyl (C=O) groups is 2. The molecule has 0 bridgehead atoms. The van der Waals surface area contributed by atoms with E-state index < -0.39 is 0 Å². The fraction of sp³-hybridized carbons (Fsp3) is 0.462. The number of carbonyl (C=O) groups excluding carboxylic acids is 2. The molecule has 2 N–H and O–H groups in total. The summed E-state index contributed by atoms with van der Waals surface area (Å²) in [6, 6.07) is 16.0. The molecular formula is C26H37N3O2. The highest BCUT2D eigenvalue weighted by Crippen LogP contribution is 2.22. The summed E-state index contributed by atoms with van der Waals surface area (Å²) >= 11 is 0. The van der Waals surface area contributed by atoms with E-state index in [9.17, 15) is 9.59 Å². The van der Waals surface area contributed by atoms with Crippen LogP contribution in [0.5, 0.6) is 0 Å². The topological polar surface area (TPSA) is 61.4 Å². The molecule has 0 aliphatic carbocycles. The van der Waals surface area contributed by atoms with Crippen molar-refractivity contribution in [2.45, 2.75) is 59.5 Å². The van der Waals surface area contributed by atoms with E-state index in [0.29, 0.717) is 18.7 Å². The van der Waals surface area contributed by atoms with Gasteiger partial charge in [-0.1, -0.05) is 71.0 Å². The Morgan fingerprint density at radius 1 is 0.839 bits per heavy atom. The molecule has 0 fully saturated rings. The van der Waals surface area contributed by atoms with E-state index in [1.54, 1.807) is 0 Å². The third kappa shape index (κ3) is 8.18. The van der Waals surface area contributed by atoms with Crippen LogP contribution in [0.4, 0.5) is 0 Å². The molecule has 5 heteroatoms. The summed E-state index contributed by atoms with van der Waals surface area (Å²) in [6.07, 6.45) is 0.256. The average molecular weight is 424 g/mol. The van der Waals surface area contributed by atoms with Crippen LogP contribution in [-0.4, -0.2) is 36.3 Å². The molecule has 0 atom stereocenters. The van der Waals surface area contributed by atoms with Crippen LogP contribution in [0.1, 0.15) is 68.1 Å². The Morgan fingerprint density at radius 2 is 1.42 bits per heavy atom. The Bertz CT molecular complexity index is 832. The van der Waals surface area contributed by atoms with E-state index in [-0.39, 0.29) is 23.7 Å². The van der Waals surface area contributed by atoms with Crippen molar-refractivity contribution >= 4 is 11.8 Å². The number of amides is 2. The molecule has 2 amide bonds. The van der Waals surface area contributed by atoms with Crippen molar-refractivity contribution in [1.82, 2.24) is 15.5 Å². The molecule has 2 aromatic carbocycles. The first-order valence-corrected chi connectivity index (χ1v) is 11.2. The SMILES string of the molecule is CCN(CC)Cc1ccc(CNC(=O)CCNC(=O)c2ccc(C(C)(C)C)cc2)cc1. The zero-order valence-electron chi connectivity index (χ0n) is 19.6. The summed E-state index contributed by atoms with van der Waals surface area (Å²) in [4.78, 5) is 26.7. The van der Waals surface area contributed by atoms with Crippen LogP contribution in [0.15, 0.2) is 48.5 Å². The first-order valence-electron chi connectivity index (χ1n) is 11.2. The molecule has 0 aliphatic rings. The molecule has 0 saturated carbocycles. The van der Waals surface area contributed by atoms with E-state index in [2.05, 4.69) is 74.4 Å². The van der Waals surface area contributed by atoms with Gasteiger partial charge in [-0.3, -0.25) is 14.5 Å². The van der Waals surface area contributed by atoms with Gasteiger partial charge >= 0.3 is 0 Å². The highest BCUT2D eigenvalue weighted by atomic mass is 16.2. The molecule has 0 spiro atoms. The Hall–Kier alpha value is -2.66. The lowest BCUT2D eigenvalue weighted by Crippen LogP contribution is -2.30. The minimum Gasteiger partial charge on any atom is -0.352 e. The van der Waals surface area contributed by atoms with Crippen molar-refractivity contribution < 1.29 is 9.59 Å². The normalized spacial score (nSPS) is 11.4. The summed E-state index contributed by atoms with van der Waals surface area (Å²) in [6.45, 7) is 14.6. The number of nitrogens with one attached hydrogen (secondary N) is 2. The molecule has 0 saturated heterocycles. The summed E-state index contributed by atoms with van der Waals surface area (Å²) in [5.41, 5.74) is 4.19. The lowest BCUT2D eigenvalue weighted by Gasteiger charge is -2.19.